The number of rotatable bonds is 10. The zero-order valence-corrected chi connectivity index (χ0v) is 27.3. The van der Waals surface area contributed by atoms with Crippen LogP contribution in [0.5, 0.6) is 34.5 Å². The molecule has 0 bridgehead atoms. The molecular formula is C35H41N5O6. The van der Waals surface area contributed by atoms with Crippen molar-refractivity contribution in [3.8, 4) is 56.8 Å². The molecule has 0 N–H and O–H groups in total. The average molecular weight is 628 g/mol. The maximum absolute atomic E-state index is 5.54. The molecular weight excluding hydrogens is 586 g/mol. The van der Waals surface area contributed by atoms with Crippen LogP contribution in [0.3, 0.4) is 0 Å². The standard InChI is InChI=1S/C35H41N5O6/c1-41-28-15-25(16-29(42-2)34(28)45-5)23-7-9-32(36-19-23)39-13-11-38-12-14-40(22-27(38)21-39)33-10-8-24(20-37-33)26-17-30(43-3)35(46-6)31(18-26)44-4/h7-10,15-20,27H,11-14,21-22H2,1-6H3. The summed E-state index contributed by atoms with van der Waals surface area (Å²) in [5.74, 6) is 5.55. The number of nitrogens with zero attached hydrogens (tertiary/aromatic N) is 5. The Balaban J connectivity index is 1.14. The lowest BCUT2D eigenvalue weighted by molar-refractivity contribution is 0.159. The number of hydrogen-bond acceptors (Lipinski definition) is 11. The molecule has 0 atom stereocenters. The summed E-state index contributed by atoms with van der Waals surface area (Å²) in [6.45, 7) is 5.68. The van der Waals surface area contributed by atoms with Crippen molar-refractivity contribution in [3.63, 3.8) is 0 Å². The summed E-state index contributed by atoms with van der Waals surface area (Å²) in [5.41, 5.74) is 3.85. The molecule has 2 saturated heterocycles. The quantitative estimate of drug-likeness (QED) is 0.241. The Bertz CT molecular complexity index is 1480. The Labute approximate surface area is 270 Å². The molecule has 0 spiro atoms. The van der Waals surface area contributed by atoms with E-state index in [0.29, 0.717) is 40.5 Å². The second-order valence-electron chi connectivity index (χ2n) is 11.2. The third-order valence-electron chi connectivity index (χ3n) is 8.83. The molecule has 2 aliphatic rings. The highest BCUT2D eigenvalue weighted by Crippen LogP contribution is 2.42. The number of piperazine rings is 2. The monoisotopic (exact) mass is 627 g/mol. The third-order valence-corrected chi connectivity index (χ3v) is 8.83. The van der Waals surface area contributed by atoms with Crippen molar-refractivity contribution in [2.75, 3.05) is 91.7 Å². The zero-order valence-electron chi connectivity index (χ0n) is 27.3. The molecule has 0 amide bonds. The number of hydrogen-bond donors (Lipinski definition) is 0. The second-order valence-corrected chi connectivity index (χ2v) is 11.2. The van der Waals surface area contributed by atoms with Gasteiger partial charge in [0, 0.05) is 68.8 Å². The van der Waals surface area contributed by atoms with Gasteiger partial charge in [0.05, 0.1) is 42.7 Å². The van der Waals surface area contributed by atoms with Gasteiger partial charge in [-0.2, -0.15) is 0 Å². The third kappa shape index (κ3) is 6.02. The summed E-state index contributed by atoms with van der Waals surface area (Å²) >= 11 is 0. The summed E-state index contributed by atoms with van der Waals surface area (Å²) in [7, 11) is 9.70. The van der Waals surface area contributed by atoms with E-state index in [0.717, 1.165) is 73.2 Å². The van der Waals surface area contributed by atoms with Crippen LogP contribution in [0, 0.1) is 0 Å². The first-order valence-corrected chi connectivity index (χ1v) is 15.3. The number of fused-ring (bicyclic) bond motifs is 1. The Hall–Kier alpha value is -4.90. The predicted octanol–water partition coefficient (Wildman–Crippen LogP) is 4.87. The molecule has 6 rings (SSSR count). The lowest BCUT2D eigenvalue weighted by Crippen LogP contribution is -2.62. The fraction of sp³-hybridized carbons (Fsp3) is 0.371. The van der Waals surface area contributed by atoms with Crippen LogP contribution < -0.4 is 38.2 Å². The van der Waals surface area contributed by atoms with Gasteiger partial charge in [0.2, 0.25) is 11.5 Å². The smallest absolute Gasteiger partial charge is 0.203 e. The molecule has 0 saturated carbocycles. The van der Waals surface area contributed by atoms with E-state index < -0.39 is 0 Å². The molecule has 2 fully saturated rings. The molecule has 4 aromatic rings. The van der Waals surface area contributed by atoms with Crippen molar-refractivity contribution >= 4 is 11.6 Å². The largest absolute Gasteiger partial charge is 0.493 e. The summed E-state index contributed by atoms with van der Waals surface area (Å²) < 4.78 is 33.1. The summed E-state index contributed by atoms with van der Waals surface area (Å²) in [6.07, 6.45) is 3.82. The van der Waals surface area contributed by atoms with Crippen molar-refractivity contribution in [2.45, 2.75) is 6.04 Å². The van der Waals surface area contributed by atoms with E-state index in [1.54, 1.807) is 42.7 Å². The summed E-state index contributed by atoms with van der Waals surface area (Å²) in [6, 6.07) is 16.5. The van der Waals surface area contributed by atoms with Crippen molar-refractivity contribution in [2.24, 2.45) is 0 Å². The second kappa shape index (κ2) is 13.6. The van der Waals surface area contributed by atoms with Crippen LogP contribution in [-0.2, 0) is 0 Å². The van der Waals surface area contributed by atoms with Crippen LogP contribution in [0.1, 0.15) is 0 Å². The van der Waals surface area contributed by atoms with Gasteiger partial charge >= 0.3 is 0 Å². The van der Waals surface area contributed by atoms with E-state index in [1.165, 1.54) is 0 Å². The van der Waals surface area contributed by atoms with Crippen LogP contribution in [0.15, 0.2) is 60.9 Å². The Morgan fingerprint density at radius 3 is 1.20 bits per heavy atom. The van der Waals surface area contributed by atoms with Crippen LogP contribution in [-0.4, -0.2) is 103 Å². The van der Waals surface area contributed by atoms with Gasteiger partial charge in [0.25, 0.3) is 0 Å². The number of pyridine rings is 2. The molecule has 11 nitrogen and oxygen atoms in total. The van der Waals surface area contributed by atoms with Crippen molar-refractivity contribution in [1.82, 2.24) is 14.9 Å². The van der Waals surface area contributed by atoms with Crippen LogP contribution in [0.2, 0.25) is 0 Å². The maximum atomic E-state index is 5.54. The lowest BCUT2D eigenvalue weighted by atomic mass is 10.1. The van der Waals surface area contributed by atoms with Gasteiger partial charge in [-0.1, -0.05) is 0 Å². The van der Waals surface area contributed by atoms with E-state index >= 15 is 0 Å². The molecule has 0 unspecified atom stereocenters. The van der Waals surface area contributed by atoms with Crippen molar-refractivity contribution in [3.05, 3.63) is 60.9 Å². The van der Waals surface area contributed by atoms with Gasteiger partial charge in [0.1, 0.15) is 11.6 Å². The van der Waals surface area contributed by atoms with Gasteiger partial charge in [-0.05, 0) is 59.7 Å². The highest BCUT2D eigenvalue weighted by molar-refractivity contribution is 5.72. The predicted molar refractivity (Wildman–Crippen MR) is 178 cm³/mol. The summed E-state index contributed by atoms with van der Waals surface area (Å²) in [5, 5.41) is 0. The average Bonchev–Trinajstić information content (AvgIpc) is 3.13. The molecule has 0 aliphatic carbocycles. The molecule has 0 radical (unpaired) electrons. The van der Waals surface area contributed by atoms with Gasteiger partial charge in [-0.25, -0.2) is 9.97 Å². The first kappa shape index (κ1) is 31.1. The molecule has 4 heterocycles. The highest BCUT2D eigenvalue weighted by Gasteiger charge is 2.33. The van der Waals surface area contributed by atoms with E-state index in [2.05, 4.69) is 39.0 Å². The minimum Gasteiger partial charge on any atom is -0.493 e. The Kier molecular flexibility index (Phi) is 9.20. The minimum atomic E-state index is 0.371. The fourth-order valence-corrected chi connectivity index (χ4v) is 6.35. The molecule has 2 aliphatic heterocycles. The zero-order chi connectivity index (χ0) is 32.2. The first-order chi connectivity index (χ1) is 22.5. The van der Waals surface area contributed by atoms with Gasteiger partial charge < -0.3 is 38.2 Å². The van der Waals surface area contributed by atoms with Crippen LogP contribution in [0.4, 0.5) is 11.6 Å². The SMILES string of the molecule is COc1cc(-c2ccc(N3CCN4CCN(c5ccc(-c6cc(OC)c(OC)c(OC)c6)cn5)CC4C3)nc2)cc(OC)c1OC. The van der Waals surface area contributed by atoms with Crippen LogP contribution in [0.25, 0.3) is 22.3 Å². The maximum Gasteiger partial charge on any atom is 0.203 e. The Morgan fingerprint density at radius 1 is 0.500 bits per heavy atom. The van der Waals surface area contributed by atoms with Crippen molar-refractivity contribution in [1.29, 1.82) is 0 Å². The van der Waals surface area contributed by atoms with E-state index in [1.807, 2.05) is 36.7 Å². The minimum absolute atomic E-state index is 0.371. The normalized spacial score (nSPS) is 15.3. The van der Waals surface area contributed by atoms with Gasteiger partial charge in [0.15, 0.2) is 23.0 Å². The number of anilines is 2. The van der Waals surface area contributed by atoms with Crippen molar-refractivity contribution < 1.29 is 28.4 Å². The topological polar surface area (TPSA) is 90.9 Å². The first-order valence-electron chi connectivity index (χ1n) is 15.3. The molecule has 2 aromatic carbocycles. The van der Waals surface area contributed by atoms with E-state index in [4.69, 9.17) is 38.4 Å². The lowest BCUT2D eigenvalue weighted by Gasteiger charge is -2.47. The fourth-order valence-electron chi connectivity index (χ4n) is 6.35. The Morgan fingerprint density at radius 2 is 0.891 bits per heavy atom. The number of methoxy groups -OCH3 is 6. The van der Waals surface area contributed by atoms with E-state index in [-0.39, 0.29) is 0 Å². The molecule has 46 heavy (non-hydrogen) atoms. The van der Waals surface area contributed by atoms with Crippen LogP contribution >= 0.6 is 0 Å². The van der Waals surface area contributed by atoms with Gasteiger partial charge in [-0.15, -0.1) is 0 Å². The number of aromatic nitrogens is 2. The van der Waals surface area contributed by atoms with Gasteiger partial charge in [-0.3, -0.25) is 4.90 Å². The number of benzene rings is 2. The molecule has 2 aromatic heterocycles. The number of ether oxygens (including phenoxy) is 6. The molecule has 242 valence electrons. The highest BCUT2D eigenvalue weighted by atomic mass is 16.5. The van der Waals surface area contributed by atoms with E-state index in [9.17, 15) is 0 Å². The summed E-state index contributed by atoms with van der Waals surface area (Å²) in [4.78, 5) is 17.1. The molecule has 11 heteroatoms.